The second kappa shape index (κ2) is 4.93. The molecule has 0 aliphatic rings. The van der Waals surface area contributed by atoms with Crippen molar-refractivity contribution in [1.82, 2.24) is 14.9 Å². The first-order valence-electron chi connectivity index (χ1n) is 4.53. The molecule has 0 atom stereocenters. The third kappa shape index (κ3) is 2.34. The maximum absolute atomic E-state index is 4.30. The molecule has 1 rings (SSSR count). The predicted molar refractivity (Wildman–Crippen MR) is 50.1 cm³/mol. The molecule has 0 fully saturated rings. The van der Waals surface area contributed by atoms with Gasteiger partial charge in [0.2, 0.25) is 0 Å². The molecule has 12 heavy (non-hydrogen) atoms. The minimum Gasteiger partial charge on any atom is -0.335 e. The maximum Gasteiger partial charge on any atom is 0.109 e. The Hall–Kier alpha value is -0.830. The van der Waals surface area contributed by atoms with Gasteiger partial charge in [0, 0.05) is 31.9 Å². The highest BCUT2D eigenvalue weighted by molar-refractivity contribution is 4.92. The molecule has 68 valence electrons. The Morgan fingerprint density at radius 3 is 3.08 bits per heavy atom. The molecule has 0 aliphatic heterocycles. The second-order valence-electron chi connectivity index (χ2n) is 2.89. The Morgan fingerprint density at radius 2 is 2.42 bits per heavy atom. The van der Waals surface area contributed by atoms with Crippen molar-refractivity contribution in [3.63, 3.8) is 0 Å². The number of hydrogen-bond acceptors (Lipinski definition) is 2. The zero-order valence-electron chi connectivity index (χ0n) is 7.88. The molecule has 0 aliphatic carbocycles. The minimum absolute atomic E-state index is 1.00. The Labute approximate surface area is 73.8 Å². The number of aromatic nitrogens is 2. The molecule has 0 aromatic carbocycles. The fourth-order valence-electron chi connectivity index (χ4n) is 1.25. The third-order valence-corrected chi connectivity index (χ3v) is 1.86. The summed E-state index contributed by atoms with van der Waals surface area (Å²) in [5, 5.41) is 3.12. The van der Waals surface area contributed by atoms with Crippen LogP contribution in [0.15, 0.2) is 12.4 Å². The number of likely N-dealkylation sites (N-methyl/N-ethyl adjacent to an activating group) is 1. The van der Waals surface area contributed by atoms with Gasteiger partial charge in [0.25, 0.3) is 0 Å². The lowest BCUT2D eigenvalue weighted by molar-refractivity contribution is 0.624. The van der Waals surface area contributed by atoms with E-state index in [4.69, 9.17) is 0 Å². The summed E-state index contributed by atoms with van der Waals surface area (Å²) in [6.45, 7) is 4.27. The molecule has 3 heteroatoms. The summed E-state index contributed by atoms with van der Waals surface area (Å²) in [5.41, 5.74) is 0. The van der Waals surface area contributed by atoms with Crippen molar-refractivity contribution < 1.29 is 0 Å². The normalized spacial score (nSPS) is 10.5. The number of hydrogen-bond donors (Lipinski definition) is 1. The number of imidazole rings is 1. The van der Waals surface area contributed by atoms with Gasteiger partial charge in [-0.1, -0.05) is 6.92 Å². The van der Waals surface area contributed by atoms with Gasteiger partial charge in [-0.05, 0) is 13.5 Å². The molecule has 1 heterocycles. The molecule has 1 N–H and O–H groups in total. The molecule has 0 bridgehead atoms. The smallest absolute Gasteiger partial charge is 0.109 e. The van der Waals surface area contributed by atoms with Gasteiger partial charge in [-0.25, -0.2) is 4.98 Å². The van der Waals surface area contributed by atoms with Crippen molar-refractivity contribution in [3.05, 3.63) is 18.2 Å². The predicted octanol–water partition coefficient (Wildman–Crippen LogP) is 1.05. The Kier molecular flexibility index (Phi) is 3.80. The first kappa shape index (κ1) is 9.26. The summed E-state index contributed by atoms with van der Waals surface area (Å²) >= 11 is 0. The van der Waals surface area contributed by atoms with Gasteiger partial charge >= 0.3 is 0 Å². The van der Waals surface area contributed by atoms with Crippen LogP contribution in [0.25, 0.3) is 0 Å². The lowest BCUT2D eigenvalue weighted by Gasteiger charge is -2.04. The van der Waals surface area contributed by atoms with Crippen LogP contribution in [0.4, 0.5) is 0 Å². The lowest BCUT2D eigenvalue weighted by atomic mass is 10.4. The topological polar surface area (TPSA) is 29.9 Å². The van der Waals surface area contributed by atoms with Crippen LogP contribution in [-0.4, -0.2) is 23.1 Å². The molecule has 3 nitrogen and oxygen atoms in total. The van der Waals surface area contributed by atoms with Crippen molar-refractivity contribution in [2.24, 2.45) is 0 Å². The first-order chi connectivity index (χ1) is 5.88. The van der Waals surface area contributed by atoms with Gasteiger partial charge < -0.3 is 9.88 Å². The van der Waals surface area contributed by atoms with Crippen LogP contribution in [0.3, 0.4) is 0 Å². The standard InChI is InChI=1S/C9H17N3/c1-3-7-12-8-6-11-9(12)4-5-10-2/h6,8,10H,3-5,7H2,1-2H3. The van der Waals surface area contributed by atoms with E-state index >= 15 is 0 Å². The first-order valence-corrected chi connectivity index (χ1v) is 4.53. The molecular weight excluding hydrogens is 150 g/mol. The van der Waals surface area contributed by atoms with Crippen LogP contribution in [0.2, 0.25) is 0 Å². The van der Waals surface area contributed by atoms with E-state index in [0.29, 0.717) is 0 Å². The van der Waals surface area contributed by atoms with E-state index < -0.39 is 0 Å². The van der Waals surface area contributed by atoms with Crippen molar-refractivity contribution in [1.29, 1.82) is 0 Å². The van der Waals surface area contributed by atoms with Crippen LogP contribution in [-0.2, 0) is 13.0 Å². The van der Waals surface area contributed by atoms with E-state index in [-0.39, 0.29) is 0 Å². The van der Waals surface area contributed by atoms with Crippen molar-refractivity contribution in [3.8, 4) is 0 Å². The van der Waals surface area contributed by atoms with Crippen LogP contribution in [0, 0.1) is 0 Å². The lowest BCUT2D eigenvalue weighted by Crippen LogP contribution is -2.13. The van der Waals surface area contributed by atoms with Crippen LogP contribution in [0.5, 0.6) is 0 Å². The number of aryl methyl sites for hydroxylation is 1. The summed E-state index contributed by atoms with van der Waals surface area (Å²) in [5.74, 6) is 1.19. The fourth-order valence-corrected chi connectivity index (χ4v) is 1.25. The van der Waals surface area contributed by atoms with Crippen LogP contribution >= 0.6 is 0 Å². The summed E-state index contributed by atoms with van der Waals surface area (Å²) in [4.78, 5) is 4.30. The van der Waals surface area contributed by atoms with Gasteiger partial charge in [0.05, 0.1) is 0 Å². The molecule has 1 aromatic rings. The molecule has 0 saturated heterocycles. The van der Waals surface area contributed by atoms with Gasteiger partial charge in [-0.2, -0.15) is 0 Å². The van der Waals surface area contributed by atoms with E-state index in [1.165, 1.54) is 12.2 Å². The van der Waals surface area contributed by atoms with Crippen molar-refractivity contribution in [2.45, 2.75) is 26.3 Å². The highest BCUT2D eigenvalue weighted by Gasteiger charge is 1.99. The number of nitrogens with zero attached hydrogens (tertiary/aromatic N) is 2. The minimum atomic E-state index is 1.00. The molecule has 0 radical (unpaired) electrons. The molecule has 0 spiro atoms. The highest BCUT2D eigenvalue weighted by Crippen LogP contribution is 1.99. The van der Waals surface area contributed by atoms with Gasteiger partial charge in [0.15, 0.2) is 0 Å². The van der Waals surface area contributed by atoms with Crippen molar-refractivity contribution in [2.75, 3.05) is 13.6 Å². The molecule has 0 saturated carbocycles. The molecule has 1 aromatic heterocycles. The molecular formula is C9H17N3. The Bertz CT molecular complexity index is 217. The number of rotatable bonds is 5. The van der Waals surface area contributed by atoms with Crippen LogP contribution < -0.4 is 5.32 Å². The Balaban J connectivity index is 2.51. The van der Waals surface area contributed by atoms with E-state index in [1.54, 1.807) is 0 Å². The molecule has 0 amide bonds. The zero-order chi connectivity index (χ0) is 8.81. The van der Waals surface area contributed by atoms with Gasteiger partial charge in [0.1, 0.15) is 5.82 Å². The fraction of sp³-hybridized carbons (Fsp3) is 0.667. The SMILES string of the molecule is CCCn1ccnc1CCNC. The monoisotopic (exact) mass is 167 g/mol. The van der Waals surface area contributed by atoms with E-state index in [0.717, 1.165) is 19.5 Å². The van der Waals surface area contributed by atoms with E-state index in [1.807, 2.05) is 13.2 Å². The maximum atomic E-state index is 4.30. The number of nitrogens with one attached hydrogen (secondary N) is 1. The summed E-state index contributed by atoms with van der Waals surface area (Å²) in [6, 6.07) is 0. The molecule has 0 unspecified atom stereocenters. The Morgan fingerprint density at radius 1 is 1.58 bits per heavy atom. The highest BCUT2D eigenvalue weighted by atomic mass is 15.1. The summed E-state index contributed by atoms with van der Waals surface area (Å²) < 4.78 is 2.22. The van der Waals surface area contributed by atoms with E-state index in [2.05, 4.69) is 28.0 Å². The third-order valence-electron chi connectivity index (χ3n) is 1.86. The zero-order valence-corrected chi connectivity index (χ0v) is 7.88. The van der Waals surface area contributed by atoms with Crippen LogP contribution in [0.1, 0.15) is 19.2 Å². The van der Waals surface area contributed by atoms with Crippen molar-refractivity contribution >= 4 is 0 Å². The van der Waals surface area contributed by atoms with Gasteiger partial charge in [-0.15, -0.1) is 0 Å². The van der Waals surface area contributed by atoms with E-state index in [9.17, 15) is 0 Å². The largest absolute Gasteiger partial charge is 0.335 e. The average Bonchev–Trinajstić information content (AvgIpc) is 2.50. The van der Waals surface area contributed by atoms with Gasteiger partial charge in [-0.3, -0.25) is 0 Å². The average molecular weight is 167 g/mol. The summed E-state index contributed by atoms with van der Waals surface area (Å²) in [6.07, 6.45) is 6.11. The quantitative estimate of drug-likeness (QED) is 0.710. The second-order valence-corrected chi connectivity index (χ2v) is 2.89. The summed E-state index contributed by atoms with van der Waals surface area (Å²) in [7, 11) is 1.97.